The number of aromatic amines is 1. The van der Waals surface area contributed by atoms with Crippen molar-refractivity contribution in [3.05, 3.63) is 18.2 Å². The van der Waals surface area contributed by atoms with Crippen LogP contribution >= 0.6 is 0 Å². The summed E-state index contributed by atoms with van der Waals surface area (Å²) in [6.45, 7) is 2.05. The lowest BCUT2D eigenvalue weighted by Gasteiger charge is -2.03. The van der Waals surface area contributed by atoms with Crippen LogP contribution in [0.2, 0.25) is 0 Å². The molecule has 0 atom stereocenters. The van der Waals surface area contributed by atoms with Crippen molar-refractivity contribution in [2.75, 3.05) is 5.75 Å². The zero-order valence-corrected chi connectivity index (χ0v) is 10.5. The van der Waals surface area contributed by atoms with E-state index in [2.05, 4.69) is 15.4 Å². The summed E-state index contributed by atoms with van der Waals surface area (Å²) in [4.78, 5) is 0.278. The molecule has 1 heterocycles. The van der Waals surface area contributed by atoms with E-state index in [9.17, 15) is 8.42 Å². The highest BCUT2D eigenvalue weighted by Gasteiger charge is 2.18. The van der Waals surface area contributed by atoms with Gasteiger partial charge in [0.1, 0.15) is 5.52 Å². The van der Waals surface area contributed by atoms with Gasteiger partial charge in [0, 0.05) is 0 Å². The molecule has 0 aliphatic carbocycles. The third-order valence-corrected chi connectivity index (χ3v) is 4.50. The van der Waals surface area contributed by atoms with Crippen LogP contribution in [-0.4, -0.2) is 29.6 Å². The van der Waals surface area contributed by atoms with Crippen LogP contribution in [0, 0.1) is 0 Å². The third kappa shape index (κ3) is 2.46. The number of nitrogens with zero attached hydrogens (tertiary/aromatic N) is 2. The number of fused-ring (bicyclic) bond motifs is 1. The standard InChI is InChI=1S/C11H15N3O2S/c1-2-3-4-8-17(15,16)10-7-5-6-9-11(10)13-14-12-9/h5-7H,2-4,8H2,1H3,(H,12,13,14). The molecule has 6 heteroatoms. The minimum atomic E-state index is -3.25. The van der Waals surface area contributed by atoms with E-state index in [0.717, 1.165) is 12.8 Å². The highest BCUT2D eigenvalue weighted by Crippen LogP contribution is 2.21. The summed E-state index contributed by atoms with van der Waals surface area (Å²) in [6.07, 6.45) is 2.62. The summed E-state index contributed by atoms with van der Waals surface area (Å²) in [6, 6.07) is 5.06. The van der Waals surface area contributed by atoms with Crippen LogP contribution in [0.3, 0.4) is 0 Å². The van der Waals surface area contributed by atoms with E-state index in [1.807, 2.05) is 6.92 Å². The number of benzene rings is 1. The Morgan fingerprint density at radius 1 is 1.29 bits per heavy atom. The maximum absolute atomic E-state index is 12.1. The molecule has 1 N–H and O–H groups in total. The summed E-state index contributed by atoms with van der Waals surface area (Å²) >= 11 is 0. The zero-order valence-electron chi connectivity index (χ0n) is 9.68. The van der Waals surface area contributed by atoms with Crippen LogP contribution in [0.5, 0.6) is 0 Å². The summed E-state index contributed by atoms with van der Waals surface area (Å²) in [5.74, 6) is 0.173. The molecule has 0 amide bonds. The van der Waals surface area contributed by atoms with Crippen molar-refractivity contribution in [3.8, 4) is 0 Å². The minimum Gasteiger partial charge on any atom is -0.257 e. The van der Waals surface area contributed by atoms with Crippen molar-refractivity contribution >= 4 is 20.9 Å². The molecular formula is C11H15N3O2S. The molecular weight excluding hydrogens is 238 g/mol. The first-order chi connectivity index (χ1) is 8.15. The fraction of sp³-hybridized carbons (Fsp3) is 0.455. The highest BCUT2D eigenvalue weighted by molar-refractivity contribution is 7.91. The lowest BCUT2D eigenvalue weighted by atomic mass is 10.3. The first-order valence-electron chi connectivity index (χ1n) is 5.67. The van der Waals surface area contributed by atoms with E-state index in [4.69, 9.17) is 0 Å². The van der Waals surface area contributed by atoms with Crippen LogP contribution in [0.15, 0.2) is 23.1 Å². The fourth-order valence-corrected chi connectivity index (χ4v) is 3.28. The van der Waals surface area contributed by atoms with Gasteiger partial charge in [-0.1, -0.05) is 31.0 Å². The van der Waals surface area contributed by atoms with Crippen LogP contribution < -0.4 is 0 Å². The number of rotatable bonds is 5. The Balaban J connectivity index is 2.35. The van der Waals surface area contributed by atoms with Crippen molar-refractivity contribution in [1.82, 2.24) is 15.4 Å². The Hall–Kier alpha value is -1.43. The van der Waals surface area contributed by atoms with E-state index in [-0.39, 0.29) is 10.6 Å². The SMILES string of the molecule is CCCCCS(=O)(=O)c1cccc2[nH]nnc12. The molecule has 0 saturated carbocycles. The van der Waals surface area contributed by atoms with Gasteiger partial charge in [0.05, 0.1) is 16.2 Å². The summed E-state index contributed by atoms with van der Waals surface area (Å²) in [5.41, 5.74) is 1.09. The van der Waals surface area contributed by atoms with Crippen molar-refractivity contribution in [1.29, 1.82) is 0 Å². The van der Waals surface area contributed by atoms with Crippen molar-refractivity contribution in [2.45, 2.75) is 31.1 Å². The normalized spacial score (nSPS) is 12.1. The van der Waals surface area contributed by atoms with E-state index < -0.39 is 9.84 Å². The topological polar surface area (TPSA) is 75.7 Å². The number of aromatic nitrogens is 3. The maximum atomic E-state index is 12.1. The smallest absolute Gasteiger partial charge is 0.180 e. The average molecular weight is 253 g/mol. The molecule has 5 nitrogen and oxygen atoms in total. The van der Waals surface area contributed by atoms with E-state index >= 15 is 0 Å². The molecule has 0 aliphatic heterocycles. The van der Waals surface area contributed by atoms with Gasteiger partial charge in [-0.2, -0.15) is 0 Å². The molecule has 17 heavy (non-hydrogen) atoms. The average Bonchev–Trinajstić information content (AvgIpc) is 2.76. The van der Waals surface area contributed by atoms with Gasteiger partial charge in [-0.15, -0.1) is 5.10 Å². The molecule has 0 bridgehead atoms. The van der Waals surface area contributed by atoms with Gasteiger partial charge in [0.2, 0.25) is 0 Å². The first-order valence-corrected chi connectivity index (χ1v) is 7.33. The highest BCUT2D eigenvalue weighted by atomic mass is 32.2. The summed E-state index contributed by atoms with van der Waals surface area (Å²) < 4.78 is 24.3. The molecule has 0 spiro atoms. The maximum Gasteiger partial charge on any atom is 0.180 e. The monoisotopic (exact) mass is 253 g/mol. The Kier molecular flexibility index (Phi) is 3.42. The van der Waals surface area contributed by atoms with Crippen molar-refractivity contribution < 1.29 is 8.42 Å². The van der Waals surface area contributed by atoms with Crippen molar-refractivity contribution in [2.24, 2.45) is 0 Å². The molecule has 1 aromatic carbocycles. The van der Waals surface area contributed by atoms with Gasteiger partial charge in [-0.3, -0.25) is 5.10 Å². The van der Waals surface area contributed by atoms with Gasteiger partial charge in [0.25, 0.3) is 0 Å². The second kappa shape index (κ2) is 4.83. The first kappa shape index (κ1) is 12.0. The molecule has 0 fully saturated rings. The Morgan fingerprint density at radius 2 is 2.12 bits per heavy atom. The minimum absolute atomic E-state index is 0.173. The third-order valence-electron chi connectivity index (χ3n) is 2.67. The Bertz CT molecular complexity index is 604. The van der Waals surface area contributed by atoms with Gasteiger partial charge in [-0.25, -0.2) is 8.42 Å². The lowest BCUT2D eigenvalue weighted by Crippen LogP contribution is -2.07. The lowest BCUT2D eigenvalue weighted by molar-refractivity contribution is 0.591. The number of unbranched alkanes of at least 4 members (excludes halogenated alkanes) is 2. The van der Waals surface area contributed by atoms with E-state index in [1.165, 1.54) is 0 Å². The van der Waals surface area contributed by atoms with E-state index in [0.29, 0.717) is 17.5 Å². The second-order valence-electron chi connectivity index (χ2n) is 3.99. The molecule has 0 aliphatic rings. The zero-order chi connectivity index (χ0) is 12.3. The molecule has 2 aromatic rings. The van der Waals surface area contributed by atoms with Crippen LogP contribution in [0.1, 0.15) is 26.2 Å². The molecule has 0 radical (unpaired) electrons. The van der Waals surface area contributed by atoms with Gasteiger partial charge in [0.15, 0.2) is 9.84 Å². The number of sulfone groups is 1. The van der Waals surface area contributed by atoms with Gasteiger partial charge < -0.3 is 0 Å². The Morgan fingerprint density at radius 3 is 2.88 bits per heavy atom. The van der Waals surface area contributed by atoms with Crippen LogP contribution in [-0.2, 0) is 9.84 Å². The van der Waals surface area contributed by atoms with Crippen LogP contribution in [0.4, 0.5) is 0 Å². The molecule has 2 rings (SSSR count). The number of hydrogen-bond acceptors (Lipinski definition) is 4. The van der Waals surface area contributed by atoms with Crippen molar-refractivity contribution in [3.63, 3.8) is 0 Å². The van der Waals surface area contributed by atoms with E-state index in [1.54, 1.807) is 18.2 Å². The van der Waals surface area contributed by atoms with Crippen LogP contribution in [0.25, 0.3) is 11.0 Å². The van der Waals surface area contributed by atoms with Gasteiger partial charge in [-0.05, 0) is 18.6 Å². The quantitative estimate of drug-likeness (QED) is 0.826. The molecule has 0 saturated heterocycles. The predicted molar refractivity (Wildman–Crippen MR) is 65.5 cm³/mol. The number of hydrogen-bond donors (Lipinski definition) is 1. The second-order valence-corrected chi connectivity index (χ2v) is 6.07. The number of H-pyrrole nitrogens is 1. The molecule has 0 unspecified atom stereocenters. The molecule has 1 aromatic heterocycles. The van der Waals surface area contributed by atoms with Gasteiger partial charge >= 0.3 is 0 Å². The largest absolute Gasteiger partial charge is 0.257 e. The fourth-order valence-electron chi connectivity index (χ4n) is 1.75. The molecule has 92 valence electrons. The number of nitrogens with one attached hydrogen (secondary N) is 1. The summed E-state index contributed by atoms with van der Waals surface area (Å²) in [7, 11) is -3.25. The Labute approximate surface area is 100 Å². The predicted octanol–water partition coefficient (Wildman–Crippen LogP) is 1.92. The summed E-state index contributed by atoms with van der Waals surface area (Å²) in [5, 5.41) is 10.1.